The highest BCUT2D eigenvalue weighted by molar-refractivity contribution is 5.94. The third kappa shape index (κ3) is 4.15. The highest BCUT2D eigenvalue weighted by atomic mass is 16.2. The molecule has 0 bridgehead atoms. The quantitative estimate of drug-likeness (QED) is 0.826. The van der Waals surface area contributed by atoms with Crippen molar-refractivity contribution in [2.24, 2.45) is 0 Å². The second-order valence-corrected chi connectivity index (χ2v) is 7.63. The highest BCUT2D eigenvalue weighted by Crippen LogP contribution is 2.23. The Kier molecular flexibility index (Phi) is 5.77. The van der Waals surface area contributed by atoms with Gasteiger partial charge in [-0.15, -0.1) is 0 Å². The van der Waals surface area contributed by atoms with Gasteiger partial charge in [-0.05, 0) is 90.5 Å². The van der Waals surface area contributed by atoms with Crippen LogP contribution >= 0.6 is 0 Å². The third-order valence-corrected chi connectivity index (χ3v) is 5.17. The Bertz CT molecular complexity index is 748. The van der Waals surface area contributed by atoms with Crippen LogP contribution in [0.5, 0.6) is 0 Å². The molecule has 1 aliphatic rings. The molecule has 0 aliphatic carbocycles. The molecule has 1 unspecified atom stereocenters. The first kappa shape index (κ1) is 18.6. The van der Waals surface area contributed by atoms with Crippen molar-refractivity contribution in [2.45, 2.75) is 45.6 Å². The van der Waals surface area contributed by atoms with E-state index in [1.54, 1.807) is 0 Å². The summed E-state index contributed by atoms with van der Waals surface area (Å²) in [7, 11) is 4.18. The minimum absolute atomic E-state index is 0.161. The molecule has 1 aliphatic heterocycles. The van der Waals surface area contributed by atoms with E-state index in [1.807, 2.05) is 42.8 Å². The number of carbonyl (C=O) groups is 1. The average Bonchev–Trinajstić information content (AvgIpc) is 2.98. The van der Waals surface area contributed by atoms with E-state index in [1.165, 1.54) is 6.42 Å². The van der Waals surface area contributed by atoms with Crippen LogP contribution in [0, 0.1) is 13.8 Å². The molecule has 1 aromatic carbocycles. The molecule has 140 valence electrons. The average molecular weight is 354 g/mol. The Labute approximate surface area is 156 Å². The number of aromatic nitrogens is 2. The van der Waals surface area contributed by atoms with Gasteiger partial charge in [0, 0.05) is 23.8 Å². The summed E-state index contributed by atoms with van der Waals surface area (Å²) in [4.78, 5) is 17.3. The van der Waals surface area contributed by atoms with Crippen molar-refractivity contribution < 1.29 is 4.79 Å². The number of amides is 1. The minimum Gasteiger partial charge on any atom is -0.336 e. The maximum Gasteiger partial charge on any atom is 0.254 e. The van der Waals surface area contributed by atoms with Gasteiger partial charge in [-0.3, -0.25) is 4.79 Å². The Morgan fingerprint density at radius 2 is 1.92 bits per heavy atom. The lowest BCUT2D eigenvalue weighted by atomic mass is 9.98. The van der Waals surface area contributed by atoms with E-state index in [0.717, 1.165) is 55.0 Å². The van der Waals surface area contributed by atoms with E-state index in [-0.39, 0.29) is 5.91 Å². The molecule has 1 fully saturated rings. The number of hydrogen-bond donors (Lipinski definition) is 0. The number of aryl methyl sites for hydroxylation is 2. The fraction of sp³-hybridized carbons (Fsp3) is 0.524. The van der Waals surface area contributed by atoms with E-state index >= 15 is 0 Å². The van der Waals surface area contributed by atoms with Crippen LogP contribution < -0.4 is 0 Å². The molecular formula is C21H30N4O. The van der Waals surface area contributed by atoms with E-state index in [2.05, 4.69) is 35.1 Å². The molecule has 3 rings (SSSR count). The van der Waals surface area contributed by atoms with Crippen LogP contribution in [-0.2, 0) is 0 Å². The van der Waals surface area contributed by atoms with E-state index in [4.69, 9.17) is 0 Å². The monoisotopic (exact) mass is 354 g/mol. The Balaban J connectivity index is 1.75. The van der Waals surface area contributed by atoms with Crippen LogP contribution in [0.3, 0.4) is 0 Å². The highest BCUT2D eigenvalue weighted by Gasteiger charge is 2.27. The van der Waals surface area contributed by atoms with Gasteiger partial charge in [0.1, 0.15) is 0 Å². The van der Waals surface area contributed by atoms with Crippen molar-refractivity contribution in [3.63, 3.8) is 0 Å². The Hall–Kier alpha value is -2.14. The van der Waals surface area contributed by atoms with Crippen molar-refractivity contribution >= 4 is 5.91 Å². The molecule has 0 spiro atoms. The topological polar surface area (TPSA) is 41.4 Å². The number of benzene rings is 1. The van der Waals surface area contributed by atoms with E-state index < -0.39 is 0 Å². The molecule has 5 nitrogen and oxygen atoms in total. The number of carbonyl (C=O) groups excluding carboxylic acids is 1. The lowest BCUT2D eigenvalue weighted by Gasteiger charge is -2.36. The van der Waals surface area contributed by atoms with Gasteiger partial charge in [0.2, 0.25) is 0 Å². The molecule has 2 aromatic rings. The van der Waals surface area contributed by atoms with Gasteiger partial charge in [0.15, 0.2) is 0 Å². The van der Waals surface area contributed by atoms with Crippen LogP contribution in [0.1, 0.15) is 47.4 Å². The summed E-state index contributed by atoms with van der Waals surface area (Å²) >= 11 is 0. The summed E-state index contributed by atoms with van der Waals surface area (Å²) < 4.78 is 1.92. The van der Waals surface area contributed by atoms with Crippen LogP contribution in [-0.4, -0.2) is 58.7 Å². The first-order valence-electron chi connectivity index (χ1n) is 9.55. The van der Waals surface area contributed by atoms with Crippen LogP contribution in [0.2, 0.25) is 0 Å². The zero-order valence-corrected chi connectivity index (χ0v) is 16.4. The predicted molar refractivity (Wildman–Crippen MR) is 105 cm³/mol. The molecule has 0 radical (unpaired) electrons. The Morgan fingerprint density at radius 1 is 1.19 bits per heavy atom. The van der Waals surface area contributed by atoms with Crippen LogP contribution in [0.4, 0.5) is 0 Å². The van der Waals surface area contributed by atoms with Crippen molar-refractivity contribution in [2.75, 3.05) is 27.2 Å². The number of rotatable bonds is 5. The van der Waals surface area contributed by atoms with Crippen molar-refractivity contribution in [1.82, 2.24) is 19.6 Å². The molecular weight excluding hydrogens is 324 g/mol. The molecule has 5 heteroatoms. The van der Waals surface area contributed by atoms with Gasteiger partial charge in [-0.1, -0.05) is 0 Å². The SMILES string of the molecule is Cc1cc(C)n(-c2ccc(C(=O)N3CCCCC3CCN(C)C)cc2)n1. The van der Waals surface area contributed by atoms with Crippen LogP contribution in [0.25, 0.3) is 5.69 Å². The first-order chi connectivity index (χ1) is 12.5. The fourth-order valence-electron chi connectivity index (χ4n) is 3.78. The fourth-order valence-corrected chi connectivity index (χ4v) is 3.78. The zero-order chi connectivity index (χ0) is 18.7. The summed E-state index contributed by atoms with van der Waals surface area (Å²) in [5.74, 6) is 0.161. The van der Waals surface area contributed by atoms with E-state index in [0.29, 0.717) is 6.04 Å². The first-order valence-corrected chi connectivity index (χ1v) is 9.55. The lowest BCUT2D eigenvalue weighted by Crippen LogP contribution is -2.44. The van der Waals surface area contributed by atoms with Gasteiger partial charge >= 0.3 is 0 Å². The number of hydrogen-bond acceptors (Lipinski definition) is 3. The van der Waals surface area contributed by atoms with Gasteiger partial charge in [-0.2, -0.15) is 5.10 Å². The summed E-state index contributed by atoms with van der Waals surface area (Å²) in [6.07, 6.45) is 4.48. The summed E-state index contributed by atoms with van der Waals surface area (Å²) in [6, 6.07) is 10.3. The van der Waals surface area contributed by atoms with Crippen LogP contribution in [0.15, 0.2) is 30.3 Å². The molecule has 1 atom stereocenters. The molecule has 1 aromatic heterocycles. The van der Waals surface area contributed by atoms with Crippen molar-refractivity contribution in [1.29, 1.82) is 0 Å². The van der Waals surface area contributed by atoms with Gasteiger partial charge < -0.3 is 9.80 Å². The minimum atomic E-state index is 0.161. The second-order valence-electron chi connectivity index (χ2n) is 7.63. The largest absolute Gasteiger partial charge is 0.336 e. The maximum atomic E-state index is 13.1. The number of nitrogens with zero attached hydrogens (tertiary/aromatic N) is 4. The Morgan fingerprint density at radius 3 is 2.54 bits per heavy atom. The zero-order valence-electron chi connectivity index (χ0n) is 16.4. The van der Waals surface area contributed by atoms with Crippen molar-refractivity contribution in [3.05, 3.63) is 47.3 Å². The lowest BCUT2D eigenvalue weighted by molar-refractivity contribution is 0.0591. The van der Waals surface area contributed by atoms with Gasteiger partial charge in [0.25, 0.3) is 5.91 Å². The normalized spacial score (nSPS) is 17.7. The second kappa shape index (κ2) is 8.04. The number of piperidine rings is 1. The molecule has 0 N–H and O–H groups in total. The smallest absolute Gasteiger partial charge is 0.254 e. The van der Waals surface area contributed by atoms with Crippen molar-refractivity contribution in [3.8, 4) is 5.69 Å². The summed E-state index contributed by atoms with van der Waals surface area (Å²) in [5.41, 5.74) is 3.86. The predicted octanol–water partition coefficient (Wildman–Crippen LogP) is 3.44. The molecule has 0 saturated carbocycles. The van der Waals surface area contributed by atoms with Gasteiger partial charge in [0.05, 0.1) is 11.4 Å². The molecule has 1 saturated heterocycles. The molecule has 1 amide bonds. The van der Waals surface area contributed by atoms with E-state index in [9.17, 15) is 4.79 Å². The van der Waals surface area contributed by atoms with Gasteiger partial charge in [-0.25, -0.2) is 4.68 Å². The summed E-state index contributed by atoms with van der Waals surface area (Å²) in [5, 5.41) is 4.51. The standard InChI is InChI=1S/C21H30N4O/c1-16-15-17(2)25(22-16)20-10-8-18(9-11-20)21(26)24-13-6-5-7-19(24)12-14-23(3)4/h8-11,15,19H,5-7,12-14H2,1-4H3. The third-order valence-electron chi connectivity index (χ3n) is 5.17. The molecule has 26 heavy (non-hydrogen) atoms. The molecule has 2 heterocycles. The summed E-state index contributed by atoms with van der Waals surface area (Å²) in [6.45, 7) is 5.93. The maximum absolute atomic E-state index is 13.1. The number of likely N-dealkylation sites (tertiary alicyclic amines) is 1.